The zero-order chi connectivity index (χ0) is 26.8. The summed E-state index contributed by atoms with van der Waals surface area (Å²) in [6.45, 7) is 6.87. The average Bonchev–Trinajstić information content (AvgIpc) is 3.38. The molecule has 0 amide bonds. The normalized spacial score (nSPS) is 12.7. The van der Waals surface area contributed by atoms with Crippen LogP contribution in [0, 0.1) is 0 Å². The molecule has 9 nitrogen and oxygen atoms in total. The van der Waals surface area contributed by atoms with Gasteiger partial charge in [0.15, 0.2) is 11.6 Å². The van der Waals surface area contributed by atoms with Gasteiger partial charge in [-0.1, -0.05) is 74.5 Å². The van der Waals surface area contributed by atoms with Crippen LogP contribution in [0.2, 0.25) is 0 Å². The number of nitrogens with one attached hydrogen (secondary N) is 1. The van der Waals surface area contributed by atoms with Crippen LogP contribution in [0.5, 0.6) is 5.75 Å². The molecule has 0 aliphatic carbocycles. The van der Waals surface area contributed by atoms with Crippen molar-refractivity contribution in [2.75, 3.05) is 32.0 Å². The lowest BCUT2D eigenvalue weighted by Gasteiger charge is -2.21. The Morgan fingerprint density at radius 3 is 2.21 bits per heavy atom. The molecule has 1 atom stereocenters. The van der Waals surface area contributed by atoms with Gasteiger partial charge in [-0.15, -0.1) is 10.2 Å². The lowest BCUT2D eigenvalue weighted by atomic mass is 10.2. The summed E-state index contributed by atoms with van der Waals surface area (Å²) in [7, 11) is -3.63. The van der Waals surface area contributed by atoms with Crippen LogP contribution in [0.3, 0.4) is 0 Å². The fraction of sp³-hybridized carbons (Fsp3) is 0.357. The summed E-state index contributed by atoms with van der Waals surface area (Å²) < 4.78 is 42.7. The van der Waals surface area contributed by atoms with Crippen molar-refractivity contribution in [1.82, 2.24) is 24.2 Å². The van der Waals surface area contributed by atoms with Gasteiger partial charge < -0.3 is 14.4 Å². The van der Waals surface area contributed by atoms with Gasteiger partial charge in [-0.25, -0.2) is 13.1 Å². The minimum absolute atomic E-state index is 0.0218. The molecule has 4 rings (SSSR count). The number of aromatic nitrogens is 3. The second-order valence-electron chi connectivity index (χ2n) is 8.92. The molecular formula is C28H35N5O4S. The van der Waals surface area contributed by atoms with Crippen LogP contribution < -0.4 is 9.46 Å². The van der Waals surface area contributed by atoms with Crippen molar-refractivity contribution < 1.29 is 17.9 Å². The third-order valence-corrected chi connectivity index (χ3v) is 7.63. The summed E-state index contributed by atoms with van der Waals surface area (Å²) >= 11 is 0. The third-order valence-electron chi connectivity index (χ3n) is 6.26. The molecule has 1 N–H and O–H groups in total. The van der Waals surface area contributed by atoms with Crippen LogP contribution >= 0.6 is 0 Å². The van der Waals surface area contributed by atoms with Gasteiger partial charge in [-0.05, 0) is 36.3 Å². The van der Waals surface area contributed by atoms with Gasteiger partial charge in [0.1, 0.15) is 12.6 Å². The van der Waals surface area contributed by atoms with Gasteiger partial charge in [0.2, 0.25) is 15.7 Å². The first-order valence-corrected chi connectivity index (χ1v) is 14.5. The molecule has 10 heteroatoms. The number of rotatable bonds is 15. The van der Waals surface area contributed by atoms with E-state index < -0.39 is 16.1 Å². The van der Waals surface area contributed by atoms with E-state index in [1.54, 1.807) is 10.6 Å². The van der Waals surface area contributed by atoms with Crippen LogP contribution in [0.4, 0.5) is 0 Å². The van der Waals surface area contributed by atoms with E-state index in [-0.39, 0.29) is 12.4 Å². The van der Waals surface area contributed by atoms with Crippen molar-refractivity contribution in [1.29, 1.82) is 0 Å². The van der Waals surface area contributed by atoms with E-state index >= 15 is 0 Å². The molecule has 1 unspecified atom stereocenters. The van der Waals surface area contributed by atoms with Crippen molar-refractivity contribution in [3.05, 3.63) is 95.9 Å². The first kappa shape index (κ1) is 27.7. The summed E-state index contributed by atoms with van der Waals surface area (Å²) in [5.41, 5.74) is 2.54. The molecule has 2 heterocycles. The Morgan fingerprint density at radius 2 is 1.55 bits per heavy atom. The molecule has 0 radical (unpaired) electrons. The highest BCUT2D eigenvalue weighted by Gasteiger charge is 2.25. The molecular weight excluding hydrogens is 502 g/mol. The number of nitrogens with zero attached hydrogens (tertiary/aromatic N) is 4. The van der Waals surface area contributed by atoms with Crippen LogP contribution in [0.15, 0.2) is 79.0 Å². The fourth-order valence-corrected chi connectivity index (χ4v) is 5.31. The van der Waals surface area contributed by atoms with E-state index in [1.165, 1.54) is 0 Å². The largest absolute Gasteiger partial charge is 0.485 e. The molecule has 0 fully saturated rings. The van der Waals surface area contributed by atoms with E-state index in [0.717, 1.165) is 24.2 Å². The van der Waals surface area contributed by atoms with Crippen molar-refractivity contribution in [2.24, 2.45) is 0 Å². The summed E-state index contributed by atoms with van der Waals surface area (Å²) in [6, 6.07) is 22.5. The topological polar surface area (TPSA) is 98.1 Å². The van der Waals surface area contributed by atoms with Crippen LogP contribution in [-0.4, -0.2) is 59.9 Å². The lowest BCUT2D eigenvalue weighted by molar-refractivity contribution is 0.102. The van der Waals surface area contributed by atoms with Gasteiger partial charge in [0.25, 0.3) is 0 Å². The Labute approximate surface area is 224 Å². The Kier molecular flexibility index (Phi) is 9.83. The summed E-state index contributed by atoms with van der Waals surface area (Å²) in [5.74, 6) is 0.972. The van der Waals surface area contributed by atoms with Gasteiger partial charge >= 0.3 is 0 Å². The van der Waals surface area contributed by atoms with Gasteiger partial charge in [-0.2, -0.15) is 0 Å². The number of fused-ring (bicyclic) bond motifs is 1. The zero-order valence-electron chi connectivity index (χ0n) is 21.9. The minimum atomic E-state index is -3.63. The van der Waals surface area contributed by atoms with E-state index in [4.69, 9.17) is 9.47 Å². The Hall–Kier alpha value is -3.31. The smallest absolute Gasteiger partial charge is 0.213 e. The maximum atomic E-state index is 13.1. The highest BCUT2D eigenvalue weighted by atomic mass is 32.2. The molecule has 2 aromatic carbocycles. The summed E-state index contributed by atoms with van der Waals surface area (Å²) in [6.07, 6.45) is 1.80. The second kappa shape index (κ2) is 13.5. The molecule has 2 aromatic heterocycles. The van der Waals surface area contributed by atoms with Crippen LogP contribution in [-0.2, 0) is 28.0 Å². The highest BCUT2D eigenvalue weighted by molar-refractivity contribution is 7.89. The number of hydrogen-bond acceptors (Lipinski definition) is 7. The molecule has 0 spiro atoms. The Balaban J connectivity index is 1.55. The maximum absolute atomic E-state index is 13.1. The molecule has 0 aliphatic rings. The minimum Gasteiger partial charge on any atom is -0.485 e. The van der Waals surface area contributed by atoms with Gasteiger partial charge in [-0.3, -0.25) is 4.40 Å². The summed E-state index contributed by atoms with van der Waals surface area (Å²) in [4.78, 5) is 2.07. The number of hydrogen-bond donors (Lipinski definition) is 1. The molecule has 0 saturated heterocycles. The predicted molar refractivity (Wildman–Crippen MR) is 147 cm³/mol. The average molecular weight is 538 g/mol. The molecule has 4 aromatic rings. The molecule has 0 aliphatic heterocycles. The third kappa shape index (κ3) is 7.61. The first-order chi connectivity index (χ1) is 18.5. The number of benzene rings is 2. The molecule has 38 heavy (non-hydrogen) atoms. The van der Waals surface area contributed by atoms with E-state index in [9.17, 15) is 8.42 Å². The van der Waals surface area contributed by atoms with E-state index in [0.29, 0.717) is 37.0 Å². The molecule has 202 valence electrons. The standard InChI is InChI=1S/C28H35N5O4S/c1-3-32(4-2)18-19-38(34,35)31-25(22-36-20-23-12-7-5-8-13-23)27-29-30-28-26(16-11-17-33(27)28)37-21-24-14-9-6-10-15-24/h5-17,25,31H,3-4,18-22H2,1-2H3. The maximum Gasteiger partial charge on any atom is 0.213 e. The van der Waals surface area contributed by atoms with Crippen LogP contribution in [0.25, 0.3) is 5.65 Å². The second-order valence-corrected chi connectivity index (χ2v) is 10.8. The van der Waals surface area contributed by atoms with Crippen molar-refractivity contribution in [2.45, 2.75) is 33.1 Å². The van der Waals surface area contributed by atoms with Gasteiger partial charge in [0.05, 0.1) is 19.0 Å². The SMILES string of the molecule is CCN(CC)CCS(=O)(=O)NC(COCc1ccccc1)c1nnc2c(OCc3ccccc3)cccn12. The number of ether oxygens (including phenoxy) is 2. The summed E-state index contributed by atoms with van der Waals surface area (Å²) in [5, 5.41) is 8.70. The molecule has 0 bridgehead atoms. The van der Waals surface area contributed by atoms with Gasteiger partial charge in [0, 0.05) is 12.7 Å². The zero-order valence-corrected chi connectivity index (χ0v) is 22.7. The van der Waals surface area contributed by atoms with Crippen molar-refractivity contribution >= 4 is 15.7 Å². The van der Waals surface area contributed by atoms with Crippen LogP contribution in [0.1, 0.15) is 36.8 Å². The quantitative estimate of drug-likeness (QED) is 0.246. The predicted octanol–water partition coefficient (Wildman–Crippen LogP) is 3.83. The monoisotopic (exact) mass is 537 g/mol. The van der Waals surface area contributed by atoms with E-state index in [1.807, 2.05) is 86.6 Å². The highest BCUT2D eigenvalue weighted by Crippen LogP contribution is 2.23. The fourth-order valence-electron chi connectivity index (χ4n) is 4.09. The van der Waals surface area contributed by atoms with Crippen molar-refractivity contribution in [3.63, 3.8) is 0 Å². The van der Waals surface area contributed by atoms with Crippen molar-refractivity contribution in [3.8, 4) is 5.75 Å². The van der Waals surface area contributed by atoms with E-state index in [2.05, 4.69) is 19.8 Å². The number of pyridine rings is 1. The Morgan fingerprint density at radius 1 is 0.895 bits per heavy atom. The first-order valence-electron chi connectivity index (χ1n) is 12.8. The lowest BCUT2D eigenvalue weighted by Crippen LogP contribution is -2.38. The molecule has 0 saturated carbocycles. The Bertz CT molecular complexity index is 1380. The number of sulfonamides is 1.